The maximum absolute atomic E-state index is 13.1. The summed E-state index contributed by atoms with van der Waals surface area (Å²) in [5.41, 5.74) is 2.51. The molecule has 0 aliphatic rings. The maximum atomic E-state index is 13.1. The Bertz CT molecular complexity index is 1290. The predicted octanol–water partition coefficient (Wildman–Crippen LogP) is 8.08. The van der Waals surface area contributed by atoms with Crippen LogP contribution in [0.15, 0.2) is 72.8 Å². The van der Waals surface area contributed by atoms with Crippen molar-refractivity contribution in [2.75, 3.05) is 37.1 Å². The van der Waals surface area contributed by atoms with E-state index in [2.05, 4.69) is 0 Å². The molecule has 8 nitrogen and oxygen atoms in total. The highest BCUT2D eigenvalue weighted by Crippen LogP contribution is 2.24. The second-order valence-electron chi connectivity index (χ2n) is 11.7. The number of ether oxygens (including phenoxy) is 2. The monoisotopic (exact) mass is 628 g/mol. The van der Waals surface area contributed by atoms with Crippen LogP contribution < -0.4 is 19.3 Å². The lowest BCUT2D eigenvalue weighted by atomic mass is 10.1. The normalized spacial score (nSPS) is 10.7. The van der Waals surface area contributed by atoms with E-state index < -0.39 is 0 Å². The van der Waals surface area contributed by atoms with Crippen molar-refractivity contribution in [3.05, 3.63) is 83.9 Å². The Balaban J connectivity index is 1.44. The van der Waals surface area contributed by atoms with Crippen molar-refractivity contribution < 1.29 is 28.7 Å². The van der Waals surface area contributed by atoms with Gasteiger partial charge in [0.2, 0.25) is 0 Å². The maximum Gasteiger partial charge on any atom is 0.258 e. The number of amides is 2. The van der Waals surface area contributed by atoms with E-state index in [1.54, 1.807) is 86.3 Å². The molecular weight excluding hydrogens is 580 g/mol. The molecule has 0 spiro atoms. The van der Waals surface area contributed by atoms with Crippen molar-refractivity contribution in [1.29, 1.82) is 0 Å². The minimum Gasteiger partial charge on any atom is -0.494 e. The lowest BCUT2D eigenvalue weighted by Gasteiger charge is -2.21. The van der Waals surface area contributed by atoms with Crippen LogP contribution >= 0.6 is 0 Å². The smallest absolute Gasteiger partial charge is 0.258 e. The third-order valence-electron chi connectivity index (χ3n) is 7.82. The van der Waals surface area contributed by atoms with Gasteiger partial charge in [-0.3, -0.25) is 9.59 Å². The second kappa shape index (κ2) is 19.1. The van der Waals surface area contributed by atoms with Crippen molar-refractivity contribution >= 4 is 34.8 Å². The van der Waals surface area contributed by atoms with Crippen LogP contribution in [0.1, 0.15) is 98.8 Å². The molecule has 0 fully saturated rings. The standard InChI is InChI=1S/C38H48N2O6/c1-29(41)13-9-5-7-11-27-45-35-23-15-31(16-24-35)37(43)39(3)33-19-21-34(22-20-33)40(4)38(44)32-17-25-36(26-18-32)46-28-12-8-6-10-14-30(2)42/h15-26H,5-14,27-28H2,1-4H3. The van der Waals surface area contributed by atoms with Gasteiger partial charge in [-0.2, -0.15) is 0 Å². The van der Waals surface area contributed by atoms with E-state index in [0.717, 1.165) is 62.9 Å². The van der Waals surface area contributed by atoms with E-state index in [0.29, 0.717) is 48.6 Å². The first-order chi connectivity index (χ1) is 22.2. The van der Waals surface area contributed by atoms with E-state index >= 15 is 0 Å². The van der Waals surface area contributed by atoms with Gasteiger partial charge < -0.3 is 28.9 Å². The van der Waals surface area contributed by atoms with Crippen LogP contribution in [-0.2, 0) is 9.59 Å². The number of hydrogen-bond donors (Lipinski definition) is 0. The van der Waals surface area contributed by atoms with Gasteiger partial charge in [-0.05, 0) is 112 Å². The molecule has 0 aromatic heterocycles. The minimum absolute atomic E-state index is 0.149. The highest BCUT2D eigenvalue weighted by atomic mass is 16.5. The Hall–Kier alpha value is -4.46. The van der Waals surface area contributed by atoms with Gasteiger partial charge in [0.15, 0.2) is 0 Å². The summed E-state index contributed by atoms with van der Waals surface area (Å²) < 4.78 is 11.6. The molecule has 0 aliphatic carbocycles. The third-order valence-corrected chi connectivity index (χ3v) is 7.82. The zero-order valence-corrected chi connectivity index (χ0v) is 27.8. The topological polar surface area (TPSA) is 93.2 Å². The quantitative estimate of drug-likeness (QED) is 0.118. The number of unbranched alkanes of at least 4 members (excludes halogenated alkanes) is 6. The molecule has 0 heterocycles. The fourth-order valence-electron chi connectivity index (χ4n) is 4.95. The van der Waals surface area contributed by atoms with Gasteiger partial charge in [0.25, 0.3) is 11.8 Å². The van der Waals surface area contributed by atoms with E-state index in [-0.39, 0.29) is 23.4 Å². The van der Waals surface area contributed by atoms with Crippen LogP contribution in [0.4, 0.5) is 11.4 Å². The van der Waals surface area contributed by atoms with Crippen molar-refractivity contribution in [3.63, 3.8) is 0 Å². The molecule has 0 aliphatic heterocycles. The zero-order chi connectivity index (χ0) is 33.3. The van der Waals surface area contributed by atoms with E-state index in [4.69, 9.17) is 9.47 Å². The first kappa shape index (κ1) is 36.0. The Morgan fingerprint density at radius 2 is 0.804 bits per heavy atom. The Kier molecular flexibility index (Phi) is 15.0. The number of nitrogens with zero attached hydrogens (tertiary/aromatic N) is 2. The number of hydrogen-bond acceptors (Lipinski definition) is 6. The van der Waals surface area contributed by atoms with Crippen LogP contribution in [0.25, 0.3) is 0 Å². The van der Waals surface area contributed by atoms with Gasteiger partial charge in [-0.15, -0.1) is 0 Å². The third kappa shape index (κ3) is 12.1. The first-order valence-electron chi connectivity index (χ1n) is 16.3. The molecule has 3 rings (SSSR count). The number of anilines is 2. The second-order valence-corrected chi connectivity index (χ2v) is 11.7. The summed E-state index contributed by atoms with van der Waals surface area (Å²) in [4.78, 5) is 51.4. The van der Waals surface area contributed by atoms with Crippen LogP contribution in [0, 0.1) is 0 Å². The number of carbonyl (C=O) groups is 4. The lowest BCUT2D eigenvalue weighted by molar-refractivity contribution is -0.117. The van der Waals surface area contributed by atoms with Crippen LogP contribution in [-0.4, -0.2) is 50.7 Å². The average Bonchev–Trinajstić information content (AvgIpc) is 3.06. The fraction of sp³-hybridized carbons (Fsp3) is 0.421. The summed E-state index contributed by atoms with van der Waals surface area (Å²) in [6, 6.07) is 21.5. The molecule has 3 aromatic carbocycles. The van der Waals surface area contributed by atoms with Crippen molar-refractivity contribution in [2.24, 2.45) is 0 Å². The van der Waals surface area contributed by atoms with Crippen LogP contribution in [0.3, 0.4) is 0 Å². The fourth-order valence-corrected chi connectivity index (χ4v) is 4.95. The molecule has 0 saturated heterocycles. The van der Waals surface area contributed by atoms with E-state index in [1.807, 2.05) is 24.3 Å². The summed E-state index contributed by atoms with van der Waals surface area (Å²) in [5.74, 6) is 1.61. The molecule has 0 atom stereocenters. The number of Topliss-reactive ketones (excluding diaryl/α,β-unsaturated/α-hetero) is 2. The Morgan fingerprint density at radius 3 is 1.13 bits per heavy atom. The Morgan fingerprint density at radius 1 is 0.478 bits per heavy atom. The zero-order valence-electron chi connectivity index (χ0n) is 27.8. The molecular formula is C38H48N2O6. The van der Waals surface area contributed by atoms with Gasteiger partial charge >= 0.3 is 0 Å². The molecule has 0 N–H and O–H groups in total. The van der Waals surface area contributed by atoms with Gasteiger partial charge in [0.05, 0.1) is 13.2 Å². The van der Waals surface area contributed by atoms with Crippen molar-refractivity contribution in [1.82, 2.24) is 0 Å². The highest BCUT2D eigenvalue weighted by molar-refractivity contribution is 6.07. The van der Waals surface area contributed by atoms with Crippen LogP contribution in [0.5, 0.6) is 11.5 Å². The van der Waals surface area contributed by atoms with Gasteiger partial charge in [0, 0.05) is 49.4 Å². The van der Waals surface area contributed by atoms with E-state index in [1.165, 1.54) is 0 Å². The molecule has 3 aromatic rings. The SMILES string of the molecule is CC(=O)CCCCCCOc1ccc(C(=O)N(C)c2ccc(N(C)C(=O)c3ccc(OCCCCCCC(C)=O)cc3)cc2)cc1. The molecule has 8 heteroatoms. The van der Waals surface area contributed by atoms with Gasteiger partial charge in [0.1, 0.15) is 23.1 Å². The number of benzene rings is 3. The van der Waals surface area contributed by atoms with E-state index in [9.17, 15) is 19.2 Å². The molecule has 0 bridgehead atoms. The molecule has 46 heavy (non-hydrogen) atoms. The summed E-state index contributed by atoms with van der Waals surface area (Å²) in [6.45, 7) is 4.45. The largest absolute Gasteiger partial charge is 0.494 e. The predicted molar refractivity (Wildman–Crippen MR) is 183 cm³/mol. The molecule has 0 saturated carbocycles. The number of ketones is 2. The molecule has 2 amide bonds. The first-order valence-corrected chi connectivity index (χ1v) is 16.3. The molecule has 246 valence electrons. The lowest BCUT2D eigenvalue weighted by Crippen LogP contribution is -2.27. The average molecular weight is 629 g/mol. The number of rotatable bonds is 20. The molecule has 0 radical (unpaired) electrons. The minimum atomic E-state index is -0.149. The van der Waals surface area contributed by atoms with Crippen molar-refractivity contribution in [3.8, 4) is 11.5 Å². The van der Waals surface area contributed by atoms with Gasteiger partial charge in [-0.1, -0.05) is 25.7 Å². The highest BCUT2D eigenvalue weighted by Gasteiger charge is 2.17. The summed E-state index contributed by atoms with van der Waals surface area (Å²) in [6.07, 6.45) is 9.07. The summed E-state index contributed by atoms with van der Waals surface area (Å²) in [7, 11) is 3.45. The summed E-state index contributed by atoms with van der Waals surface area (Å²) >= 11 is 0. The molecule has 0 unspecified atom stereocenters. The number of carbonyl (C=O) groups excluding carboxylic acids is 4. The van der Waals surface area contributed by atoms with Crippen LogP contribution in [0.2, 0.25) is 0 Å². The summed E-state index contributed by atoms with van der Waals surface area (Å²) in [5, 5.41) is 0. The Labute approximate surface area is 273 Å². The van der Waals surface area contributed by atoms with Gasteiger partial charge in [-0.25, -0.2) is 0 Å². The van der Waals surface area contributed by atoms with Crippen molar-refractivity contribution in [2.45, 2.75) is 78.1 Å².